The van der Waals surface area contributed by atoms with Crippen LogP contribution < -0.4 is 4.90 Å². The van der Waals surface area contributed by atoms with Crippen molar-refractivity contribution in [2.45, 2.75) is 77.0 Å². The fourth-order valence-corrected chi connectivity index (χ4v) is 4.59. The first-order valence-corrected chi connectivity index (χ1v) is 11.5. The summed E-state index contributed by atoms with van der Waals surface area (Å²) in [6.07, 6.45) is 10.2. The first-order valence-electron chi connectivity index (χ1n) is 11.5. The standard InChI is InChI=1S/C23H29N7O/c1-13-10-29(12-19(31-13)17-9-24-30(11-17)18-7-8-18)23-27-20(16-5-4-6-16)21-22(28-23)26-15(3)14(2)25-21/h9,11,13,16,18-19H,4-8,10,12H2,1-3H3. The van der Waals surface area contributed by atoms with Gasteiger partial charge in [0.25, 0.3) is 0 Å². The SMILES string of the molecule is Cc1nc2nc(N3CC(C)OC(c4cnn(C5CC5)c4)C3)nc(C3CCC3)c2nc1C. The van der Waals surface area contributed by atoms with Gasteiger partial charge in [0.2, 0.25) is 5.95 Å². The van der Waals surface area contributed by atoms with Crippen molar-refractivity contribution in [1.82, 2.24) is 29.7 Å². The Morgan fingerprint density at radius 1 is 0.968 bits per heavy atom. The molecule has 1 saturated heterocycles. The van der Waals surface area contributed by atoms with Crippen LogP contribution >= 0.6 is 0 Å². The number of aryl methyl sites for hydroxylation is 2. The summed E-state index contributed by atoms with van der Waals surface area (Å²) in [5.74, 6) is 1.22. The van der Waals surface area contributed by atoms with E-state index in [9.17, 15) is 0 Å². The molecular formula is C23H29N7O. The highest BCUT2D eigenvalue weighted by atomic mass is 16.5. The number of ether oxygens (including phenoxy) is 1. The molecule has 2 atom stereocenters. The maximum absolute atomic E-state index is 6.29. The van der Waals surface area contributed by atoms with Crippen molar-refractivity contribution < 1.29 is 4.74 Å². The van der Waals surface area contributed by atoms with Crippen molar-refractivity contribution in [3.8, 4) is 0 Å². The molecule has 4 heterocycles. The smallest absolute Gasteiger partial charge is 0.227 e. The minimum absolute atomic E-state index is 0.0338. The highest BCUT2D eigenvalue weighted by Gasteiger charge is 2.32. The third-order valence-corrected chi connectivity index (χ3v) is 6.91. The van der Waals surface area contributed by atoms with E-state index >= 15 is 0 Å². The fraction of sp³-hybridized carbons (Fsp3) is 0.609. The number of morpholine rings is 1. The van der Waals surface area contributed by atoms with Gasteiger partial charge in [-0.2, -0.15) is 10.1 Å². The topological polar surface area (TPSA) is 81.9 Å². The molecule has 2 unspecified atom stereocenters. The predicted molar refractivity (Wildman–Crippen MR) is 117 cm³/mol. The Bertz CT molecular complexity index is 1130. The van der Waals surface area contributed by atoms with Crippen LogP contribution in [0.3, 0.4) is 0 Å². The van der Waals surface area contributed by atoms with Gasteiger partial charge in [-0.05, 0) is 46.5 Å². The number of hydrogen-bond donors (Lipinski definition) is 0. The summed E-state index contributed by atoms with van der Waals surface area (Å²) in [6, 6.07) is 0.574. The third-order valence-electron chi connectivity index (χ3n) is 6.91. The molecule has 8 heteroatoms. The van der Waals surface area contributed by atoms with Crippen molar-refractivity contribution >= 4 is 17.1 Å². The van der Waals surface area contributed by atoms with Gasteiger partial charge >= 0.3 is 0 Å². The second-order valence-corrected chi connectivity index (χ2v) is 9.43. The molecular weight excluding hydrogens is 390 g/mol. The molecule has 8 nitrogen and oxygen atoms in total. The van der Waals surface area contributed by atoms with E-state index in [1.165, 1.54) is 32.1 Å². The number of fused-ring (bicyclic) bond motifs is 1. The molecule has 0 spiro atoms. The van der Waals surface area contributed by atoms with E-state index in [0.717, 1.165) is 40.7 Å². The lowest BCUT2D eigenvalue weighted by Crippen LogP contribution is -2.43. The molecule has 162 valence electrons. The summed E-state index contributed by atoms with van der Waals surface area (Å²) < 4.78 is 8.38. The summed E-state index contributed by atoms with van der Waals surface area (Å²) in [5.41, 5.74) is 5.68. The first-order chi connectivity index (χ1) is 15.0. The van der Waals surface area contributed by atoms with Gasteiger partial charge < -0.3 is 9.64 Å². The third kappa shape index (κ3) is 3.46. The molecule has 0 amide bonds. The molecule has 0 bridgehead atoms. The van der Waals surface area contributed by atoms with Crippen molar-refractivity contribution in [3.63, 3.8) is 0 Å². The van der Waals surface area contributed by atoms with Crippen LogP contribution in [0.15, 0.2) is 12.4 Å². The zero-order chi connectivity index (χ0) is 21.1. The van der Waals surface area contributed by atoms with Crippen LogP contribution in [0.4, 0.5) is 5.95 Å². The van der Waals surface area contributed by atoms with E-state index in [4.69, 9.17) is 24.7 Å². The zero-order valence-corrected chi connectivity index (χ0v) is 18.5. The highest BCUT2D eigenvalue weighted by Crippen LogP contribution is 2.39. The van der Waals surface area contributed by atoms with Crippen LogP contribution in [0.5, 0.6) is 0 Å². The molecule has 3 aromatic heterocycles. The van der Waals surface area contributed by atoms with E-state index in [1.54, 1.807) is 0 Å². The van der Waals surface area contributed by atoms with Gasteiger partial charge in [0.1, 0.15) is 11.6 Å². The number of aromatic nitrogens is 6. The Labute approximate surface area is 182 Å². The van der Waals surface area contributed by atoms with Gasteiger partial charge in [-0.25, -0.2) is 15.0 Å². The van der Waals surface area contributed by atoms with Crippen LogP contribution in [0.25, 0.3) is 11.2 Å². The number of anilines is 1. The molecule has 0 radical (unpaired) electrons. The maximum Gasteiger partial charge on any atom is 0.227 e. The van der Waals surface area contributed by atoms with Gasteiger partial charge in [-0.3, -0.25) is 4.68 Å². The zero-order valence-electron chi connectivity index (χ0n) is 18.5. The monoisotopic (exact) mass is 419 g/mol. The van der Waals surface area contributed by atoms with Gasteiger partial charge in [0, 0.05) is 24.2 Å². The minimum atomic E-state index is -0.0338. The molecule has 3 aliphatic rings. The summed E-state index contributed by atoms with van der Waals surface area (Å²) in [7, 11) is 0. The molecule has 6 rings (SSSR count). The summed E-state index contributed by atoms with van der Waals surface area (Å²) in [6.45, 7) is 7.61. The van der Waals surface area contributed by atoms with Gasteiger partial charge in [-0.15, -0.1) is 0 Å². The predicted octanol–water partition coefficient (Wildman–Crippen LogP) is 3.80. The van der Waals surface area contributed by atoms with Gasteiger partial charge in [-0.1, -0.05) is 6.42 Å². The lowest BCUT2D eigenvalue weighted by molar-refractivity contribution is -0.0179. The largest absolute Gasteiger partial charge is 0.367 e. The van der Waals surface area contributed by atoms with E-state index < -0.39 is 0 Å². The Balaban J connectivity index is 1.36. The lowest BCUT2D eigenvalue weighted by atomic mass is 9.82. The molecule has 31 heavy (non-hydrogen) atoms. The minimum Gasteiger partial charge on any atom is -0.367 e. The fourth-order valence-electron chi connectivity index (χ4n) is 4.59. The quantitative estimate of drug-likeness (QED) is 0.636. The second-order valence-electron chi connectivity index (χ2n) is 9.43. The normalized spacial score (nSPS) is 24.5. The van der Waals surface area contributed by atoms with E-state index in [1.807, 2.05) is 20.0 Å². The van der Waals surface area contributed by atoms with Crippen molar-refractivity contribution in [3.05, 3.63) is 35.0 Å². The molecule has 2 saturated carbocycles. The molecule has 1 aliphatic heterocycles. The van der Waals surface area contributed by atoms with Crippen LogP contribution in [-0.2, 0) is 4.74 Å². The average Bonchev–Trinajstić information content (AvgIpc) is 3.44. The Hall–Kier alpha value is -2.61. The number of hydrogen-bond acceptors (Lipinski definition) is 7. The van der Waals surface area contributed by atoms with E-state index in [0.29, 0.717) is 24.2 Å². The van der Waals surface area contributed by atoms with Crippen LogP contribution in [-0.4, -0.2) is 48.9 Å². The lowest BCUT2D eigenvalue weighted by Gasteiger charge is -2.37. The van der Waals surface area contributed by atoms with Crippen LogP contribution in [0.1, 0.15) is 79.7 Å². The number of rotatable bonds is 4. The molecule has 0 aromatic carbocycles. The summed E-state index contributed by atoms with van der Waals surface area (Å²) >= 11 is 0. The molecule has 3 aromatic rings. The highest BCUT2D eigenvalue weighted by molar-refractivity contribution is 5.75. The van der Waals surface area contributed by atoms with Crippen molar-refractivity contribution in [2.75, 3.05) is 18.0 Å². The average molecular weight is 420 g/mol. The Kier molecular flexibility index (Phi) is 4.45. The molecule has 2 aliphatic carbocycles. The Morgan fingerprint density at radius 2 is 1.77 bits per heavy atom. The van der Waals surface area contributed by atoms with Crippen LogP contribution in [0, 0.1) is 13.8 Å². The molecule has 3 fully saturated rings. The van der Waals surface area contributed by atoms with Crippen molar-refractivity contribution in [1.29, 1.82) is 0 Å². The van der Waals surface area contributed by atoms with Gasteiger partial charge in [0.05, 0.1) is 42.0 Å². The maximum atomic E-state index is 6.29. The first kappa shape index (κ1) is 19.1. The number of nitrogens with zero attached hydrogens (tertiary/aromatic N) is 7. The summed E-state index contributed by atoms with van der Waals surface area (Å²) in [5, 5.41) is 4.56. The van der Waals surface area contributed by atoms with Crippen molar-refractivity contribution in [2.24, 2.45) is 0 Å². The van der Waals surface area contributed by atoms with E-state index in [-0.39, 0.29) is 12.2 Å². The molecule has 0 N–H and O–H groups in total. The summed E-state index contributed by atoms with van der Waals surface area (Å²) in [4.78, 5) is 21.8. The van der Waals surface area contributed by atoms with Crippen LogP contribution in [0.2, 0.25) is 0 Å². The van der Waals surface area contributed by atoms with Gasteiger partial charge in [0.15, 0.2) is 5.65 Å². The van der Waals surface area contributed by atoms with E-state index in [2.05, 4.69) is 27.8 Å². The second kappa shape index (κ2) is 7.22. The Morgan fingerprint density at radius 3 is 2.52 bits per heavy atom.